The largest absolute Gasteiger partial charge is 0.433 e. The molecule has 3 rings (SSSR count). The Morgan fingerprint density at radius 2 is 2.18 bits per heavy atom. The van der Waals surface area contributed by atoms with Crippen molar-refractivity contribution in [3.63, 3.8) is 0 Å². The highest BCUT2D eigenvalue weighted by Gasteiger charge is 2.32. The maximum Gasteiger partial charge on any atom is 0.433 e. The lowest BCUT2D eigenvalue weighted by atomic mass is 10.2. The number of H-pyrrole nitrogens is 1. The second kappa shape index (κ2) is 5.91. The number of anilines is 1. The lowest BCUT2D eigenvalue weighted by molar-refractivity contribution is -0.141. The normalized spacial score (nSPS) is 22.0. The lowest BCUT2D eigenvalue weighted by Crippen LogP contribution is -2.19. The second-order valence-electron chi connectivity index (χ2n) is 5.00. The Morgan fingerprint density at radius 1 is 1.32 bits per heavy atom. The van der Waals surface area contributed by atoms with Gasteiger partial charge in [-0.3, -0.25) is 10.1 Å². The fourth-order valence-corrected chi connectivity index (χ4v) is 2.35. The molecule has 118 valence electrons. The molecule has 1 fully saturated rings. The van der Waals surface area contributed by atoms with Crippen molar-refractivity contribution in [3.05, 3.63) is 36.2 Å². The van der Waals surface area contributed by atoms with Gasteiger partial charge >= 0.3 is 6.18 Å². The lowest BCUT2D eigenvalue weighted by Gasteiger charge is -2.14. The van der Waals surface area contributed by atoms with Gasteiger partial charge in [0.25, 0.3) is 0 Å². The molecule has 6 nitrogen and oxygen atoms in total. The monoisotopic (exact) mass is 313 g/mol. The molecule has 0 spiro atoms. The topological polar surface area (TPSA) is 75.7 Å². The fourth-order valence-electron chi connectivity index (χ4n) is 2.35. The van der Waals surface area contributed by atoms with Gasteiger partial charge in [-0.05, 0) is 25.0 Å². The van der Waals surface area contributed by atoms with E-state index in [1.807, 2.05) is 0 Å². The SMILES string of the molecule is FC(F)(F)c1cc(NC[C@H]2CC[C@@H](c3ncn[nH]3)O2)ccn1. The van der Waals surface area contributed by atoms with Gasteiger partial charge in [0.15, 0.2) is 5.82 Å². The van der Waals surface area contributed by atoms with Crippen molar-refractivity contribution >= 4 is 5.69 Å². The van der Waals surface area contributed by atoms with Crippen LogP contribution in [0.15, 0.2) is 24.7 Å². The first-order chi connectivity index (χ1) is 10.5. The third-order valence-electron chi connectivity index (χ3n) is 3.43. The van der Waals surface area contributed by atoms with Crippen LogP contribution in [0.4, 0.5) is 18.9 Å². The van der Waals surface area contributed by atoms with Gasteiger partial charge in [0.2, 0.25) is 0 Å². The number of ether oxygens (including phenoxy) is 1. The van der Waals surface area contributed by atoms with Crippen molar-refractivity contribution in [3.8, 4) is 0 Å². The number of nitrogens with zero attached hydrogens (tertiary/aromatic N) is 3. The molecule has 1 saturated heterocycles. The first-order valence-electron chi connectivity index (χ1n) is 6.80. The summed E-state index contributed by atoms with van der Waals surface area (Å²) in [5.41, 5.74) is -0.543. The van der Waals surface area contributed by atoms with Gasteiger partial charge < -0.3 is 10.1 Å². The van der Waals surface area contributed by atoms with E-state index in [9.17, 15) is 13.2 Å². The molecule has 1 aliphatic rings. The van der Waals surface area contributed by atoms with E-state index < -0.39 is 11.9 Å². The molecule has 22 heavy (non-hydrogen) atoms. The molecule has 2 N–H and O–H groups in total. The van der Waals surface area contributed by atoms with Gasteiger partial charge in [-0.1, -0.05) is 0 Å². The molecular weight excluding hydrogens is 299 g/mol. The number of pyridine rings is 1. The van der Waals surface area contributed by atoms with E-state index in [-0.39, 0.29) is 12.2 Å². The summed E-state index contributed by atoms with van der Waals surface area (Å²) in [7, 11) is 0. The van der Waals surface area contributed by atoms with E-state index in [1.165, 1.54) is 12.4 Å². The fraction of sp³-hybridized carbons (Fsp3) is 0.462. The second-order valence-corrected chi connectivity index (χ2v) is 5.00. The molecule has 0 aliphatic carbocycles. The summed E-state index contributed by atoms with van der Waals surface area (Å²) in [6.45, 7) is 0.423. The molecule has 0 saturated carbocycles. The molecule has 0 unspecified atom stereocenters. The highest BCUT2D eigenvalue weighted by atomic mass is 19.4. The summed E-state index contributed by atoms with van der Waals surface area (Å²) in [5.74, 6) is 0.672. The summed E-state index contributed by atoms with van der Waals surface area (Å²) >= 11 is 0. The predicted molar refractivity (Wildman–Crippen MR) is 71.0 cm³/mol. The van der Waals surface area contributed by atoms with Gasteiger partial charge in [-0.25, -0.2) is 4.98 Å². The molecule has 2 aromatic heterocycles. The minimum atomic E-state index is -4.45. The Bertz CT molecular complexity index is 616. The number of halogens is 3. The van der Waals surface area contributed by atoms with Gasteiger partial charge in [-0.2, -0.15) is 18.3 Å². The Morgan fingerprint density at radius 3 is 2.91 bits per heavy atom. The maximum absolute atomic E-state index is 12.6. The molecule has 0 radical (unpaired) electrons. The average Bonchev–Trinajstić information content (AvgIpc) is 3.15. The molecule has 2 aromatic rings. The number of nitrogens with one attached hydrogen (secondary N) is 2. The van der Waals surface area contributed by atoms with Crippen molar-refractivity contribution < 1.29 is 17.9 Å². The summed E-state index contributed by atoms with van der Waals surface area (Å²) in [6, 6.07) is 2.49. The zero-order valence-corrected chi connectivity index (χ0v) is 11.5. The minimum Gasteiger partial charge on any atom is -0.382 e. The summed E-state index contributed by atoms with van der Waals surface area (Å²) in [5, 5.41) is 9.48. The Labute approximate surface area is 124 Å². The van der Waals surface area contributed by atoms with Crippen LogP contribution in [0.2, 0.25) is 0 Å². The zero-order chi connectivity index (χ0) is 15.6. The number of hydrogen-bond acceptors (Lipinski definition) is 5. The first kappa shape index (κ1) is 14.8. The highest BCUT2D eigenvalue weighted by Crippen LogP contribution is 2.31. The number of hydrogen-bond donors (Lipinski definition) is 2. The quantitative estimate of drug-likeness (QED) is 0.907. The van der Waals surface area contributed by atoms with Crippen LogP contribution in [-0.4, -0.2) is 32.8 Å². The predicted octanol–water partition coefficient (Wildman–Crippen LogP) is 2.55. The van der Waals surface area contributed by atoms with Crippen molar-refractivity contribution in [1.82, 2.24) is 20.2 Å². The molecule has 0 bridgehead atoms. The first-order valence-corrected chi connectivity index (χ1v) is 6.80. The maximum atomic E-state index is 12.6. The standard InChI is InChI=1S/C13H14F3N5O/c14-13(15,16)11-5-8(3-4-17-11)18-6-9-1-2-10(22-9)12-19-7-20-21-12/h3-5,7,9-10H,1-2,6H2,(H,17,18)(H,19,20,21)/t9-,10+/m1/s1. The van der Waals surface area contributed by atoms with Gasteiger partial charge in [0, 0.05) is 18.4 Å². The van der Waals surface area contributed by atoms with E-state index in [0.717, 1.165) is 25.1 Å². The molecule has 9 heteroatoms. The summed E-state index contributed by atoms with van der Waals surface area (Å²) < 4.78 is 43.5. The van der Waals surface area contributed by atoms with Crippen molar-refractivity contribution in [2.24, 2.45) is 0 Å². The van der Waals surface area contributed by atoms with E-state index in [0.29, 0.717) is 18.1 Å². The van der Waals surface area contributed by atoms with Crippen LogP contribution in [0.5, 0.6) is 0 Å². The Hall–Kier alpha value is -2.16. The summed E-state index contributed by atoms with van der Waals surface area (Å²) in [4.78, 5) is 7.36. The smallest absolute Gasteiger partial charge is 0.382 e. The van der Waals surface area contributed by atoms with Gasteiger partial charge in [0.05, 0.1) is 6.10 Å². The third kappa shape index (κ3) is 3.35. The minimum absolute atomic E-state index is 0.0856. The third-order valence-corrected chi connectivity index (χ3v) is 3.43. The van der Waals surface area contributed by atoms with E-state index in [4.69, 9.17) is 4.74 Å². The molecule has 3 heterocycles. The molecule has 0 amide bonds. The highest BCUT2D eigenvalue weighted by molar-refractivity contribution is 5.43. The van der Waals surface area contributed by atoms with E-state index >= 15 is 0 Å². The Balaban J connectivity index is 1.55. The van der Waals surface area contributed by atoms with Crippen LogP contribution in [0.1, 0.15) is 30.5 Å². The van der Waals surface area contributed by atoms with Crippen molar-refractivity contribution in [2.45, 2.75) is 31.2 Å². The van der Waals surface area contributed by atoms with Crippen LogP contribution in [0.25, 0.3) is 0 Å². The van der Waals surface area contributed by atoms with Gasteiger partial charge in [0.1, 0.15) is 18.1 Å². The molecular formula is C13H14F3N5O. The van der Waals surface area contributed by atoms with Crippen molar-refractivity contribution in [1.29, 1.82) is 0 Å². The van der Waals surface area contributed by atoms with Gasteiger partial charge in [-0.15, -0.1) is 0 Å². The zero-order valence-electron chi connectivity index (χ0n) is 11.5. The van der Waals surface area contributed by atoms with Crippen LogP contribution >= 0.6 is 0 Å². The molecule has 0 aromatic carbocycles. The number of aromatic nitrogens is 4. The molecule has 1 aliphatic heterocycles. The number of aromatic amines is 1. The molecule has 2 atom stereocenters. The van der Waals surface area contributed by atoms with E-state index in [1.54, 1.807) is 0 Å². The van der Waals surface area contributed by atoms with Crippen LogP contribution in [-0.2, 0) is 10.9 Å². The average molecular weight is 313 g/mol. The van der Waals surface area contributed by atoms with Crippen molar-refractivity contribution in [2.75, 3.05) is 11.9 Å². The number of alkyl halides is 3. The van der Waals surface area contributed by atoms with Crippen LogP contribution < -0.4 is 5.32 Å². The van der Waals surface area contributed by atoms with Crippen LogP contribution in [0, 0.1) is 0 Å². The summed E-state index contributed by atoms with van der Waals surface area (Å²) in [6.07, 6.45) is -0.520. The number of rotatable bonds is 4. The van der Waals surface area contributed by atoms with E-state index in [2.05, 4.69) is 25.5 Å². The van der Waals surface area contributed by atoms with Crippen LogP contribution in [0.3, 0.4) is 0 Å². The Kier molecular flexibility index (Phi) is 3.97.